The number of aromatic amines is 1. The van der Waals surface area contributed by atoms with E-state index in [2.05, 4.69) is 35.5 Å². The molecule has 2 aromatic heterocycles. The number of aliphatic imine (C=N–C) groups is 1. The van der Waals surface area contributed by atoms with Crippen molar-refractivity contribution in [2.24, 2.45) is 12.0 Å². The number of hydrogen-bond donors (Lipinski definition) is 1. The highest BCUT2D eigenvalue weighted by atomic mass is 16.5. The molecule has 2 aliphatic rings. The van der Waals surface area contributed by atoms with Crippen LogP contribution in [0.25, 0.3) is 6.08 Å². The van der Waals surface area contributed by atoms with Gasteiger partial charge in [0.15, 0.2) is 0 Å². The number of aromatic nitrogens is 2. The maximum absolute atomic E-state index is 5.62. The molecule has 26 heavy (non-hydrogen) atoms. The van der Waals surface area contributed by atoms with E-state index >= 15 is 0 Å². The lowest BCUT2D eigenvalue weighted by molar-refractivity contribution is 0.303. The summed E-state index contributed by atoms with van der Waals surface area (Å²) in [5, 5.41) is 0. The van der Waals surface area contributed by atoms with E-state index in [4.69, 9.17) is 9.73 Å². The highest BCUT2D eigenvalue weighted by Gasteiger charge is 2.26. The van der Waals surface area contributed by atoms with E-state index in [0.717, 1.165) is 22.9 Å². The Morgan fingerprint density at radius 3 is 2.96 bits per heavy atom. The number of nitrogens with zero attached hydrogens (tertiary/aromatic N) is 2. The molecule has 1 aliphatic carbocycles. The van der Waals surface area contributed by atoms with Gasteiger partial charge in [0.1, 0.15) is 11.5 Å². The first-order valence-corrected chi connectivity index (χ1v) is 9.51. The lowest BCUT2D eigenvalue weighted by Crippen LogP contribution is -2.08. The van der Waals surface area contributed by atoms with Crippen LogP contribution in [-0.4, -0.2) is 22.4 Å². The molecule has 0 bridgehead atoms. The van der Waals surface area contributed by atoms with Gasteiger partial charge in [0, 0.05) is 30.7 Å². The fourth-order valence-corrected chi connectivity index (χ4v) is 4.37. The van der Waals surface area contributed by atoms with Gasteiger partial charge in [0.25, 0.3) is 0 Å². The lowest BCUT2D eigenvalue weighted by atomic mass is 9.81. The van der Waals surface area contributed by atoms with Crippen LogP contribution in [0.4, 0.5) is 0 Å². The molecular formula is C22H27N3O. The maximum Gasteiger partial charge on any atom is 0.146 e. The van der Waals surface area contributed by atoms with Crippen LogP contribution in [0.2, 0.25) is 0 Å². The number of methoxy groups -OCH3 is 1. The third-order valence-corrected chi connectivity index (χ3v) is 5.74. The average molecular weight is 349 g/mol. The molecule has 1 unspecified atom stereocenters. The van der Waals surface area contributed by atoms with Crippen LogP contribution in [0.5, 0.6) is 0 Å². The topological polar surface area (TPSA) is 42.3 Å². The zero-order valence-corrected chi connectivity index (χ0v) is 16.1. The second-order valence-electron chi connectivity index (χ2n) is 7.30. The Balaban J connectivity index is 1.78. The maximum atomic E-state index is 5.62. The van der Waals surface area contributed by atoms with E-state index in [0.29, 0.717) is 5.92 Å². The fourth-order valence-electron chi connectivity index (χ4n) is 4.37. The number of H-pyrrole nitrogens is 1. The lowest BCUT2D eigenvalue weighted by Gasteiger charge is -2.22. The number of ether oxygens (including phenoxy) is 1. The van der Waals surface area contributed by atoms with E-state index in [1.165, 1.54) is 48.2 Å². The van der Waals surface area contributed by atoms with Crippen molar-refractivity contribution in [2.45, 2.75) is 45.4 Å². The number of aryl methyl sites for hydroxylation is 2. The second kappa shape index (κ2) is 6.67. The van der Waals surface area contributed by atoms with Gasteiger partial charge in [-0.1, -0.05) is 6.92 Å². The summed E-state index contributed by atoms with van der Waals surface area (Å²) in [4.78, 5) is 8.49. The summed E-state index contributed by atoms with van der Waals surface area (Å²) < 4.78 is 7.71. The first-order valence-electron chi connectivity index (χ1n) is 9.51. The Morgan fingerprint density at radius 1 is 1.42 bits per heavy atom. The van der Waals surface area contributed by atoms with Gasteiger partial charge in [-0.05, 0) is 67.9 Å². The van der Waals surface area contributed by atoms with Gasteiger partial charge >= 0.3 is 0 Å². The molecule has 1 N–H and O–H groups in total. The van der Waals surface area contributed by atoms with Crippen LogP contribution in [-0.2, 0) is 18.2 Å². The Hall–Kier alpha value is -2.49. The van der Waals surface area contributed by atoms with Crippen LogP contribution < -0.4 is 0 Å². The molecule has 136 valence electrons. The van der Waals surface area contributed by atoms with Crippen LogP contribution in [0.1, 0.15) is 60.3 Å². The van der Waals surface area contributed by atoms with Crippen molar-refractivity contribution in [2.75, 3.05) is 7.11 Å². The van der Waals surface area contributed by atoms with Crippen molar-refractivity contribution in [3.05, 3.63) is 64.1 Å². The minimum Gasteiger partial charge on any atom is -0.494 e. The summed E-state index contributed by atoms with van der Waals surface area (Å²) in [6, 6.07) is 4.12. The van der Waals surface area contributed by atoms with Gasteiger partial charge in [-0.15, -0.1) is 0 Å². The Bertz CT molecular complexity index is 923. The van der Waals surface area contributed by atoms with Gasteiger partial charge < -0.3 is 14.3 Å². The predicted molar refractivity (Wildman–Crippen MR) is 107 cm³/mol. The van der Waals surface area contributed by atoms with E-state index in [1.807, 2.05) is 25.4 Å². The first kappa shape index (κ1) is 17.0. The molecule has 0 saturated heterocycles. The largest absolute Gasteiger partial charge is 0.494 e. The number of nitrogens with one attached hydrogen (secondary N) is 1. The van der Waals surface area contributed by atoms with Crippen molar-refractivity contribution < 1.29 is 4.74 Å². The summed E-state index contributed by atoms with van der Waals surface area (Å²) in [5.41, 5.74) is 8.47. The van der Waals surface area contributed by atoms with E-state index < -0.39 is 0 Å². The molecule has 4 nitrogen and oxygen atoms in total. The second-order valence-corrected chi connectivity index (χ2v) is 7.30. The summed E-state index contributed by atoms with van der Waals surface area (Å²) in [7, 11) is 3.75. The SMILES string of the molecule is CCC1CCCc2c(C)[nH]c(/C=C3/N=C(c4cccn4C)C=C3OC)c21. The van der Waals surface area contributed by atoms with Crippen LogP contribution in [0.15, 0.2) is 40.9 Å². The van der Waals surface area contributed by atoms with Crippen LogP contribution in [0, 0.1) is 6.92 Å². The summed E-state index contributed by atoms with van der Waals surface area (Å²) in [6.45, 7) is 4.49. The molecule has 3 heterocycles. The fraction of sp³-hybridized carbons (Fsp3) is 0.409. The molecule has 0 amide bonds. The first-order chi connectivity index (χ1) is 12.6. The minimum atomic E-state index is 0.642. The summed E-state index contributed by atoms with van der Waals surface area (Å²) >= 11 is 0. The van der Waals surface area contributed by atoms with Crippen molar-refractivity contribution in [1.82, 2.24) is 9.55 Å². The number of hydrogen-bond acceptors (Lipinski definition) is 2. The molecule has 1 atom stereocenters. The molecule has 0 fully saturated rings. The smallest absolute Gasteiger partial charge is 0.146 e. The van der Waals surface area contributed by atoms with Crippen molar-refractivity contribution in [1.29, 1.82) is 0 Å². The van der Waals surface area contributed by atoms with E-state index in [-0.39, 0.29) is 0 Å². The highest BCUT2D eigenvalue weighted by Crippen LogP contribution is 2.39. The molecule has 1 aliphatic heterocycles. The van der Waals surface area contributed by atoms with Crippen molar-refractivity contribution in [3.8, 4) is 0 Å². The third kappa shape index (κ3) is 2.74. The number of fused-ring (bicyclic) bond motifs is 1. The monoisotopic (exact) mass is 349 g/mol. The van der Waals surface area contributed by atoms with Crippen molar-refractivity contribution >= 4 is 11.8 Å². The standard InChI is InChI=1S/C22H27N3O/c1-5-15-8-6-9-16-14(2)23-19(22(15)16)12-18-21(26-4)13-17(24-18)20-10-7-11-25(20)3/h7,10-13,15,23H,5-6,8-9H2,1-4H3/b18-12+. The molecular weight excluding hydrogens is 322 g/mol. The van der Waals surface area contributed by atoms with Gasteiger partial charge in [-0.25, -0.2) is 4.99 Å². The van der Waals surface area contributed by atoms with Crippen molar-refractivity contribution in [3.63, 3.8) is 0 Å². The zero-order chi connectivity index (χ0) is 18.3. The Morgan fingerprint density at radius 2 is 2.27 bits per heavy atom. The van der Waals surface area contributed by atoms with Crippen LogP contribution in [0.3, 0.4) is 0 Å². The number of rotatable bonds is 4. The zero-order valence-electron chi connectivity index (χ0n) is 16.1. The summed E-state index contributed by atoms with van der Waals surface area (Å²) in [6.07, 6.45) is 11.2. The number of allylic oxidation sites excluding steroid dienone is 1. The van der Waals surface area contributed by atoms with Gasteiger partial charge in [0.05, 0.1) is 18.5 Å². The van der Waals surface area contributed by atoms with Gasteiger partial charge in [-0.3, -0.25) is 0 Å². The van der Waals surface area contributed by atoms with Gasteiger partial charge in [-0.2, -0.15) is 0 Å². The quantitative estimate of drug-likeness (QED) is 0.841. The molecule has 0 radical (unpaired) electrons. The molecule has 2 aromatic rings. The highest BCUT2D eigenvalue weighted by molar-refractivity contribution is 6.11. The summed E-state index contributed by atoms with van der Waals surface area (Å²) in [5.74, 6) is 1.47. The van der Waals surface area contributed by atoms with E-state index in [9.17, 15) is 0 Å². The normalized spacial score (nSPS) is 20.9. The molecule has 0 saturated carbocycles. The minimum absolute atomic E-state index is 0.642. The van der Waals surface area contributed by atoms with E-state index in [1.54, 1.807) is 7.11 Å². The van der Waals surface area contributed by atoms with Gasteiger partial charge in [0.2, 0.25) is 0 Å². The third-order valence-electron chi connectivity index (χ3n) is 5.74. The molecule has 4 rings (SSSR count). The molecule has 0 spiro atoms. The average Bonchev–Trinajstić information content (AvgIpc) is 3.33. The Labute approximate surface area is 155 Å². The van der Waals surface area contributed by atoms with Crippen LogP contribution >= 0.6 is 0 Å². The molecule has 4 heteroatoms. The predicted octanol–water partition coefficient (Wildman–Crippen LogP) is 4.87. The molecule has 0 aromatic carbocycles. The Kier molecular flexibility index (Phi) is 4.35.